The number of rotatable bonds is 5. The SMILES string of the molecule is CC(C)(C)c1ccc(C(=O)Nc2ccc(NCc3ccccc3Cl)nc2)cc1. The zero-order valence-electron chi connectivity index (χ0n) is 16.3. The van der Waals surface area contributed by atoms with Crippen molar-refractivity contribution in [3.05, 3.63) is 88.6 Å². The monoisotopic (exact) mass is 393 g/mol. The van der Waals surface area contributed by atoms with Gasteiger partial charge in [-0.3, -0.25) is 4.79 Å². The van der Waals surface area contributed by atoms with Crippen LogP contribution in [-0.2, 0) is 12.0 Å². The molecule has 0 fully saturated rings. The number of amides is 1. The van der Waals surface area contributed by atoms with Crippen molar-refractivity contribution in [2.75, 3.05) is 10.6 Å². The molecular formula is C23H24ClN3O. The zero-order valence-corrected chi connectivity index (χ0v) is 17.0. The lowest BCUT2D eigenvalue weighted by atomic mass is 9.87. The van der Waals surface area contributed by atoms with E-state index in [9.17, 15) is 4.79 Å². The maximum absolute atomic E-state index is 12.4. The molecule has 3 rings (SSSR count). The van der Waals surface area contributed by atoms with E-state index in [1.165, 1.54) is 5.56 Å². The van der Waals surface area contributed by atoms with E-state index in [0.29, 0.717) is 23.6 Å². The molecule has 3 aromatic rings. The number of benzene rings is 2. The number of pyridine rings is 1. The fourth-order valence-electron chi connectivity index (χ4n) is 2.72. The standard InChI is InChI=1S/C23H24ClN3O/c1-23(2,3)18-10-8-16(9-11-18)22(28)27-19-12-13-21(26-15-19)25-14-17-6-4-5-7-20(17)24/h4-13,15H,14H2,1-3H3,(H,25,26)(H,27,28). The molecular weight excluding hydrogens is 370 g/mol. The summed E-state index contributed by atoms with van der Waals surface area (Å²) in [5.41, 5.74) is 3.52. The third kappa shape index (κ3) is 5.11. The van der Waals surface area contributed by atoms with Crippen LogP contribution >= 0.6 is 11.6 Å². The summed E-state index contributed by atoms with van der Waals surface area (Å²) in [4.78, 5) is 16.8. The first-order valence-electron chi connectivity index (χ1n) is 9.18. The molecule has 1 amide bonds. The lowest BCUT2D eigenvalue weighted by molar-refractivity contribution is 0.102. The molecule has 0 bridgehead atoms. The minimum absolute atomic E-state index is 0.0612. The normalized spacial score (nSPS) is 11.1. The second kappa shape index (κ2) is 8.44. The fraction of sp³-hybridized carbons (Fsp3) is 0.217. The second-order valence-corrected chi connectivity index (χ2v) is 8.07. The van der Waals surface area contributed by atoms with Gasteiger partial charge in [-0.1, -0.05) is 62.7 Å². The molecule has 28 heavy (non-hydrogen) atoms. The smallest absolute Gasteiger partial charge is 0.255 e. The number of nitrogens with zero attached hydrogens (tertiary/aromatic N) is 1. The van der Waals surface area contributed by atoms with Crippen molar-refractivity contribution < 1.29 is 4.79 Å². The summed E-state index contributed by atoms with van der Waals surface area (Å²) in [5.74, 6) is 0.562. The summed E-state index contributed by atoms with van der Waals surface area (Å²) in [7, 11) is 0. The van der Waals surface area contributed by atoms with Gasteiger partial charge in [0.1, 0.15) is 5.82 Å². The number of nitrogens with one attached hydrogen (secondary N) is 2. The number of halogens is 1. The van der Waals surface area contributed by atoms with Crippen molar-refractivity contribution in [1.82, 2.24) is 4.98 Å². The summed E-state index contributed by atoms with van der Waals surface area (Å²) in [5, 5.41) is 6.82. The van der Waals surface area contributed by atoms with Crippen molar-refractivity contribution in [3.63, 3.8) is 0 Å². The molecule has 2 N–H and O–H groups in total. The Bertz CT molecular complexity index is 945. The number of carbonyl (C=O) groups excluding carboxylic acids is 1. The van der Waals surface area contributed by atoms with Crippen LogP contribution in [0, 0.1) is 0 Å². The van der Waals surface area contributed by atoms with E-state index in [1.807, 2.05) is 60.7 Å². The highest BCUT2D eigenvalue weighted by Gasteiger charge is 2.14. The van der Waals surface area contributed by atoms with Crippen LogP contribution in [0.3, 0.4) is 0 Å². The maximum atomic E-state index is 12.4. The third-order valence-electron chi connectivity index (χ3n) is 4.45. The van der Waals surface area contributed by atoms with E-state index in [-0.39, 0.29) is 11.3 Å². The second-order valence-electron chi connectivity index (χ2n) is 7.66. The average Bonchev–Trinajstić information content (AvgIpc) is 2.68. The molecule has 0 atom stereocenters. The summed E-state index contributed by atoms with van der Waals surface area (Å²) >= 11 is 6.16. The number of hydrogen-bond donors (Lipinski definition) is 2. The minimum atomic E-state index is -0.154. The number of anilines is 2. The highest BCUT2D eigenvalue weighted by molar-refractivity contribution is 6.31. The molecule has 0 saturated carbocycles. The summed E-state index contributed by atoms with van der Waals surface area (Å²) < 4.78 is 0. The van der Waals surface area contributed by atoms with Crippen LogP contribution in [0.2, 0.25) is 5.02 Å². The average molecular weight is 394 g/mol. The molecule has 0 aliphatic rings. The Hall–Kier alpha value is -2.85. The van der Waals surface area contributed by atoms with Gasteiger partial charge in [-0.05, 0) is 46.9 Å². The molecule has 1 aromatic heterocycles. The Morgan fingerprint density at radius 2 is 1.71 bits per heavy atom. The van der Waals surface area contributed by atoms with Gasteiger partial charge in [0.25, 0.3) is 5.91 Å². The van der Waals surface area contributed by atoms with E-state index < -0.39 is 0 Å². The van der Waals surface area contributed by atoms with Crippen molar-refractivity contribution in [3.8, 4) is 0 Å². The molecule has 0 aliphatic heterocycles. The molecule has 5 heteroatoms. The van der Waals surface area contributed by atoms with Crippen molar-refractivity contribution in [2.45, 2.75) is 32.7 Å². The fourth-order valence-corrected chi connectivity index (χ4v) is 2.93. The predicted octanol–water partition coefficient (Wildman–Crippen LogP) is 5.90. The molecule has 0 spiro atoms. The maximum Gasteiger partial charge on any atom is 0.255 e. The van der Waals surface area contributed by atoms with Gasteiger partial charge < -0.3 is 10.6 Å². The quantitative estimate of drug-likeness (QED) is 0.567. The van der Waals surface area contributed by atoms with Crippen LogP contribution in [0.25, 0.3) is 0 Å². The largest absolute Gasteiger partial charge is 0.366 e. The van der Waals surface area contributed by atoms with E-state index in [0.717, 1.165) is 10.6 Å². The Kier molecular flexibility index (Phi) is 6.00. The van der Waals surface area contributed by atoms with Crippen LogP contribution in [-0.4, -0.2) is 10.9 Å². The van der Waals surface area contributed by atoms with Crippen molar-refractivity contribution in [1.29, 1.82) is 0 Å². The van der Waals surface area contributed by atoms with Gasteiger partial charge in [-0.15, -0.1) is 0 Å². The highest BCUT2D eigenvalue weighted by Crippen LogP contribution is 2.22. The van der Waals surface area contributed by atoms with Crippen molar-refractivity contribution in [2.24, 2.45) is 0 Å². The Balaban J connectivity index is 1.59. The lowest BCUT2D eigenvalue weighted by Crippen LogP contribution is -2.14. The molecule has 0 radical (unpaired) electrons. The lowest BCUT2D eigenvalue weighted by Gasteiger charge is -2.19. The Morgan fingerprint density at radius 3 is 2.32 bits per heavy atom. The van der Waals surface area contributed by atoms with Crippen LogP contribution in [0.5, 0.6) is 0 Å². The third-order valence-corrected chi connectivity index (χ3v) is 4.82. The van der Waals surface area contributed by atoms with E-state index in [1.54, 1.807) is 6.20 Å². The summed E-state index contributed by atoms with van der Waals surface area (Å²) in [6, 6.07) is 19.0. The number of carbonyl (C=O) groups is 1. The molecule has 0 saturated heterocycles. The van der Waals surface area contributed by atoms with Gasteiger partial charge in [0, 0.05) is 17.1 Å². The minimum Gasteiger partial charge on any atom is -0.366 e. The van der Waals surface area contributed by atoms with Crippen LogP contribution in [0.15, 0.2) is 66.9 Å². The Morgan fingerprint density at radius 1 is 1.00 bits per heavy atom. The zero-order chi connectivity index (χ0) is 20.1. The topological polar surface area (TPSA) is 54.0 Å². The van der Waals surface area contributed by atoms with Crippen LogP contribution in [0.1, 0.15) is 42.3 Å². The molecule has 0 unspecified atom stereocenters. The van der Waals surface area contributed by atoms with E-state index in [2.05, 4.69) is 36.4 Å². The molecule has 144 valence electrons. The highest BCUT2D eigenvalue weighted by atomic mass is 35.5. The molecule has 0 aliphatic carbocycles. The predicted molar refractivity (Wildman–Crippen MR) is 116 cm³/mol. The molecule has 1 heterocycles. The first-order chi connectivity index (χ1) is 13.3. The van der Waals surface area contributed by atoms with E-state index >= 15 is 0 Å². The number of hydrogen-bond acceptors (Lipinski definition) is 3. The first kappa shape index (κ1) is 19.9. The summed E-state index contributed by atoms with van der Waals surface area (Å²) in [6.45, 7) is 7.03. The first-order valence-corrected chi connectivity index (χ1v) is 9.56. The van der Waals surface area contributed by atoms with Gasteiger partial charge in [-0.2, -0.15) is 0 Å². The van der Waals surface area contributed by atoms with Crippen molar-refractivity contribution >= 4 is 29.0 Å². The summed E-state index contributed by atoms with van der Waals surface area (Å²) in [6.07, 6.45) is 1.64. The van der Waals surface area contributed by atoms with Gasteiger partial charge in [-0.25, -0.2) is 4.98 Å². The number of aromatic nitrogens is 1. The van der Waals surface area contributed by atoms with Gasteiger partial charge >= 0.3 is 0 Å². The Labute approximate surface area is 171 Å². The van der Waals surface area contributed by atoms with Crippen LogP contribution in [0.4, 0.5) is 11.5 Å². The van der Waals surface area contributed by atoms with Gasteiger partial charge in [0.15, 0.2) is 0 Å². The van der Waals surface area contributed by atoms with Gasteiger partial charge in [0.2, 0.25) is 0 Å². The van der Waals surface area contributed by atoms with Crippen LogP contribution < -0.4 is 10.6 Å². The molecule has 2 aromatic carbocycles. The van der Waals surface area contributed by atoms with E-state index in [4.69, 9.17) is 11.6 Å². The van der Waals surface area contributed by atoms with Gasteiger partial charge in [0.05, 0.1) is 11.9 Å². The molecule has 4 nitrogen and oxygen atoms in total.